The van der Waals surface area contributed by atoms with E-state index in [4.69, 9.17) is 15.0 Å². The van der Waals surface area contributed by atoms with Gasteiger partial charge >= 0.3 is 0 Å². The number of aliphatic imine (C=N–C) groups is 1. The lowest BCUT2D eigenvalue weighted by Crippen LogP contribution is -2.44. The molecule has 0 radical (unpaired) electrons. The molecule has 1 fully saturated rings. The molecule has 0 bridgehead atoms. The fourth-order valence-electron chi connectivity index (χ4n) is 3.79. The van der Waals surface area contributed by atoms with E-state index in [-0.39, 0.29) is 11.7 Å². The predicted molar refractivity (Wildman–Crippen MR) is 118 cm³/mol. The number of halogens is 1. The number of ether oxygens (including phenoxy) is 1. The monoisotopic (exact) mass is 422 g/mol. The predicted octanol–water partition coefficient (Wildman–Crippen LogP) is 4.09. The van der Waals surface area contributed by atoms with Gasteiger partial charge in [-0.2, -0.15) is 0 Å². The van der Waals surface area contributed by atoms with E-state index in [1.165, 1.54) is 0 Å². The lowest BCUT2D eigenvalue weighted by atomic mass is 9.92. The summed E-state index contributed by atoms with van der Waals surface area (Å²) in [5.74, 6) is 0.781. The average molecular weight is 423 g/mol. The third-order valence-corrected chi connectivity index (χ3v) is 5.76. The summed E-state index contributed by atoms with van der Waals surface area (Å²) in [5, 5.41) is 4.25. The van der Waals surface area contributed by atoms with Gasteiger partial charge in [0.05, 0.1) is 18.9 Å². The molecule has 1 aliphatic heterocycles. The number of aromatic nitrogens is 1. The van der Waals surface area contributed by atoms with Gasteiger partial charge in [0, 0.05) is 30.1 Å². The number of nitrogens with two attached hydrogens (primary N) is 1. The molecule has 162 valence electrons. The van der Waals surface area contributed by atoms with Crippen LogP contribution in [-0.2, 0) is 11.3 Å². The third kappa shape index (κ3) is 4.61. The Hall–Kier alpha value is -3.19. The van der Waals surface area contributed by atoms with Crippen molar-refractivity contribution in [3.05, 3.63) is 76.9 Å². The van der Waals surface area contributed by atoms with Gasteiger partial charge in [0.25, 0.3) is 0 Å². The van der Waals surface area contributed by atoms with Gasteiger partial charge < -0.3 is 19.9 Å². The SMILES string of the molecule is Cc1c(C(C)c2ccc(-c3ccccc3)c(F)c2)noc1C/N=C(\N)N1CCOCC1. The summed E-state index contributed by atoms with van der Waals surface area (Å²) >= 11 is 0. The average Bonchev–Trinajstić information content (AvgIpc) is 3.18. The molecule has 1 aromatic heterocycles. The first-order valence-electron chi connectivity index (χ1n) is 10.5. The number of rotatable bonds is 5. The lowest BCUT2D eigenvalue weighted by molar-refractivity contribution is 0.0674. The normalized spacial score (nSPS) is 15.8. The van der Waals surface area contributed by atoms with Gasteiger partial charge in [-0.25, -0.2) is 9.38 Å². The zero-order valence-electron chi connectivity index (χ0n) is 17.8. The summed E-state index contributed by atoms with van der Waals surface area (Å²) in [5.41, 5.74) is 10.1. The standard InChI is InChI=1S/C24H27FN4O2/c1-16(19-8-9-20(21(25)14-19)18-6-4-3-5-7-18)23-17(2)22(31-28-23)15-27-24(26)29-10-12-30-13-11-29/h3-9,14,16H,10-13,15H2,1-2H3,(H2,26,27). The maximum atomic E-state index is 14.8. The van der Waals surface area contributed by atoms with Gasteiger partial charge in [-0.3, -0.25) is 0 Å². The van der Waals surface area contributed by atoms with E-state index in [0.717, 1.165) is 35.5 Å². The molecule has 4 rings (SSSR count). The molecule has 3 aromatic rings. The molecule has 2 N–H and O–H groups in total. The van der Waals surface area contributed by atoms with Crippen molar-refractivity contribution in [1.82, 2.24) is 10.1 Å². The Bertz CT molecular complexity index is 1060. The number of benzene rings is 2. The summed E-state index contributed by atoms with van der Waals surface area (Å²) in [6, 6.07) is 14.9. The minimum Gasteiger partial charge on any atom is -0.378 e. The summed E-state index contributed by atoms with van der Waals surface area (Å²) in [4.78, 5) is 6.45. The van der Waals surface area contributed by atoms with E-state index in [1.54, 1.807) is 6.07 Å². The Morgan fingerprint density at radius 3 is 2.65 bits per heavy atom. The van der Waals surface area contributed by atoms with Crippen LogP contribution >= 0.6 is 0 Å². The highest BCUT2D eigenvalue weighted by Crippen LogP contribution is 2.31. The van der Waals surface area contributed by atoms with Crippen LogP contribution in [0.1, 0.15) is 35.4 Å². The van der Waals surface area contributed by atoms with E-state index in [0.29, 0.717) is 37.0 Å². The van der Waals surface area contributed by atoms with Crippen LogP contribution in [0.2, 0.25) is 0 Å². The smallest absolute Gasteiger partial charge is 0.191 e. The first-order valence-corrected chi connectivity index (χ1v) is 10.5. The van der Waals surface area contributed by atoms with Crippen molar-refractivity contribution < 1.29 is 13.7 Å². The number of guanidine groups is 1. The minimum absolute atomic E-state index is 0.114. The van der Waals surface area contributed by atoms with Crippen molar-refractivity contribution in [2.75, 3.05) is 26.3 Å². The zero-order chi connectivity index (χ0) is 21.8. The van der Waals surface area contributed by atoms with Gasteiger partial charge in [-0.1, -0.05) is 54.5 Å². The van der Waals surface area contributed by atoms with Crippen LogP contribution in [0.3, 0.4) is 0 Å². The second kappa shape index (κ2) is 9.31. The Labute approximate surface area is 181 Å². The largest absolute Gasteiger partial charge is 0.378 e. The lowest BCUT2D eigenvalue weighted by Gasteiger charge is -2.27. The summed E-state index contributed by atoms with van der Waals surface area (Å²) < 4.78 is 25.7. The molecular weight excluding hydrogens is 395 g/mol. The van der Waals surface area contributed by atoms with Crippen LogP contribution in [0.15, 0.2) is 58.0 Å². The van der Waals surface area contributed by atoms with E-state index in [9.17, 15) is 4.39 Å². The van der Waals surface area contributed by atoms with E-state index < -0.39 is 0 Å². The van der Waals surface area contributed by atoms with Crippen molar-refractivity contribution in [2.24, 2.45) is 10.7 Å². The molecule has 6 nitrogen and oxygen atoms in total. The Kier molecular flexibility index (Phi) is 6.32. The Morgan fingerprint density at radius 1 is 1.19 bits per heavy atom. The summed E-state index contributed by atoms with van der Waals surface area (Å²) in [7, 11) is 0. The molecule has 2 heterocycles. The minimum atomic E-state index is -0.250. The number of nitrogens with zero attached hydrogens (tertiary/aromatic N) is 3. The van der Waals surface area contributed by atoms with Gasteiger partial charge in [0.15, 0.2) is 11.7 Å². The van der Waals surface area contributed by atoms with Crippen LogP contribution in [0.5, 0.6) is 0 Å². The van der Waals surface area contributed by atoms with Crippen LogP contribution < -0.4 is 5.73 Å². The maximum Gasteiger partial charge on any atom is 0.191 e. The molecule has 0 saturated carbocycles. The molecule has 2 aromatic carbocycles. The van der Waals surface area contributed by atoms with E-state index >= 15 is 0 Å². The van der Waals surface area contributed by atoms with E-state index in [2.05, 4.69) is 10.1 Å². The third-order valence-electron chi connectivity index (χ3n) is 5.76. The zero-order valence-corrected chi connectivity index (χ0v) is 17.8. The highest BCUT2D eigenvalue weighted by Gasteiger charge is 2.21. The Morgan fingerprint density at radius 2 is 1.94 bits per heavy atom. The van der Waals surface area contributed by atoms with Crippen LogP contribution in [0.25, 0.3) is 11.1 Å². The van der Waals surface area contributed by atoms with Crippen molar-refractivity contribution in [2.45, 2.75) is 26.3 Å². The fourth-order valence-corrected chi connectivity index (χ4v) is 3.79. The highest BCUT2D eigenvalue weighted by atomic mass is 19.1. The quantitative estimate of drug-likeness (QED) is 0.495. The molecule has 1 unspecified atom stereocenters. The molecule has 0 spiro atoms. The van der Waals surface area contributed by atoms with Crippen molar-refractivity contribution in [1.29, 1.82) is 0 Å². The molecule has 7 heteroatoms. The molecule has 0 aliphatic carbocycles. The number of hydrogen-bond donors (Lipinski definition) is 1. The molecule has 1 atom stereocenters. The van der Waals surface area contributed by atoms with Gasteiger partial charge in [0.2, 0.25) is 0 Å². The summed E-state index contributed by atoms with van der Waals surface area (Å²) in [6.45, 7) is 7.03. The van der Waals surface area contributed by atoms with Crippen molar-refractivity contribution >= 4 is 5.96 Å². The molecule has 1 aliphatic rings. The fraction of sp³-hybridized carbons (Fsp3) is 0.333. The van der Waals surface area contributed by atoms with Crippen LogP contribution in [0.4, 0.5) is 4.39 Å². The highest BCUT2D eigenvalue weighted by molar-refractivity contribution is 5.78. The second-order valence-electron chi connectivity index (χ2n) is 7.72. The van der Waals surface area contributed by atoms with Crippen LogP contribution in [0, 0.1) is 12.7 Å². The first-order chi connectivity index (χ1) is 15.0. The van der Waals surface area contributed by atoms with E-state index in [1.807, 2.05) is 61.2 Å². The van der Waals surface area contributed by atoms with Crippen molar-refractivity contribution in [3.8, 4) is 11.1 Å². The first kappa shape index (κ1) is 21.1. The van der Waals surface area contributed by atoms with Gasteiger partial charge in [-0.05, 0) is 24.1 Å². The molecular formula is C24H27FN4O2. The van der Waals surface area contributed by atoms with Gasteiger partial charge in [0.1, 0.15) is 12.4 Å². The maximum absolute atomic E-state index is 14.8. The Balaban J connectivity index is 1.50. The molecule has 0 amide bonds. The van der Waals surface area contributed by atoms with Crippen molar-refractivity contribution in [3.63, 3.8) is 0 Å². The summed E-state index contributed by atoms with van der Waals surface area (Å²) in [6.07, 6.45) is 0. The van der Waals surface area contributed by atoms with Crippen LogP contribution in [-0.4, -0.2) is 42.3 Å². The topological polar surface area (TPSA) is 76.9 Å². The molecule has 1 saturated heterocycles. The number of morpholine rings is 1. The number of hydrogen-bond acceptors (Lipinski definition) is 4. The molecule has 31 heavy (non-hydrogen) atoms. The van der Waals surface area contributed by atoms with Gasteiger partial charge in [-0.15, -0.1) is 0 Å². The second-order valence-corrected chi connectivity index (χ2v) is 7.72.